The zero-order valence-electron chi connectivity index (χ0n) is 11.9. The van der Waals surface area contributed by atoms with Gasteiger partial charge in [-0.15, -0.1) is 0 Å². The summed E-state index contributed by atoms with van der Waals surface area (Å²) in [5, 5.41) is 3.38. The number of hydrogen-bond acceptors (Lipinski definition) is 4. The third-order valence-electron chi connectivity index (χ3n) is 2.81. The van der Waals surface area contributed by atoms with Gasteiger partial charge in [0.05, 0.1) is 15.7 Å². The minimum atomic E-state index is -0.523. The maximum atomic E-state index is 11.5. The predicted molar refractivity (Wildman–Crippen MR) is 82.9 cm³/mol. The molecule has 0 bridgehead atoms. The summed E-state index contributed by atoms with van der Waals surface area (Å²) < 4.78 is 6.71. The van der Waals surface area contributed by atoms with E-state index < -0.39 is 5.97 Å². The van der Waals surface area contributed by atoms with Gasteiger partial charge in [0.25, 0.3) is 0 Å². The number of carbonyl (C=O) groups excluding carboxylic acids is 2. The average Bonchev–Trinajstić information content (AvgIpc) is 2.86. The first-order valence-corrected chi connectivity index (χ1v) is 7.50. The zero-order valence-corrected chi connectivity index (χ0v) is 13.4. The van der Waals surface area contributed by atoms with Crippen LogP contribution in [0.15, 0.2) is 18.5 Å². The number of aromatic nitrogens is 2. The lowest BCUT2D eigenvalue weighted by atomic mass is 10.3. The van der Waals surface area contributed by atoms with Crippen molar-refractivity contribution in [2.75, 3.05) is 6.54 Å². The van der Waals surface area contributed by atoms with Crippen LogP contribution >= 0.6 is 23.2 Å². The van der Waals surface area contributed by atoms with Crippen LogP contribution in [0.4, 0.5) is 0 Å². The Balaban J connectivity index is 1.90. The summed E-state index contributed by atoms with van der Waals surface area (Å²) in [4.78, 5) is 27.0. The van der Waals surface area contributed by atoms with Crippen molar-refractivity contribution in [3.63, 3.8) is 0 Å². The van der Waals surface area contributed by atoms with Crippen LogP contribution in [0, 0.1) is 0 Å². The largest absolute Gasteiger partial charge is 0.458 e. The Labute approximate surface area is 137 Å². The van der Waals surface area contributed by atoms with Crippen LogP contribution in [0.1, 0.15) is 25.5 Å². The van der Waals surface area contributed by atoms with Crippen molar-refractivity contribution in [2.24, 2.45) is 0 Å². The first-order chi connectivity index (χ1) is 10.5. The van der Waals surface area contributed by atoms with Crippen LogP contribution in [0.5, 0.6) is 0 Å². The van der Waals surface area contributed by atoms with Gasteiger partial charge in [-0.2, -0.15) is 0 Å². The molecule has 0 aliphatic heterocycles. The van der Waals surface area contributed by atoms with E-state index in [0.29, 0.717) is 27.8 Å². The second-order valence-corrected chi connectivity index (χ2v) is 5.50. The van der Waals surface area contributed by atoms with E-state index in [1.54, 1.807) is 22.9 Å². The van der Waals surface area contributed by atoms with Gasteiger partial charge in [0.15, 0.2) is 5.65 Å². The lowest BCUT2D eigenvalue weighted by Crippen LogP contribution is -2.30. The Kier molecular flexibility index (Phi) is 5.63. The topological polar surface area (TPSA) is 72.7 Å². The summed E-state index contributed by atoms with van der Waals surface area (Å²) in [5.41, 5.74) is 1.07. The third-order valence-corrected chi connectivity index (χ3v) is 3.30. The summed E-state index contributed by atoms with van der Waals surface area (Å²) in [5.74, 6) is -0.695. The fourth-order valence-electron chi connectivity index (χ4n) is 1.84. The Hall–Kier alpha value is -1.79. The number of ether oxygens (including phenoxy) is 1. The number of halogens is 2. The molecule has 6 nitrogen and oxygen atoms in total. The third kappa shape index (κ3) is 4.35. The second kappa shape index (κ2) is 7.47. The smallest absolute Gasteiger partial charge is 0.325 e. The van der Waals surface area contributed by atoms with E-state index >= 15 is 0 Å². The SMILES string of the molecule is CCCC(=O)NCC(=O)OCc1cn2cc(Cl)cc(Cl)c2n1. The number of nitrogens with zero attached hydrogens (tertiary/aromatic N) is 2. The average molecular weight is 344 g/mol. The van der Waals surface area contributed by atoms with E-state index in [0.717, 1.165) is 6.42 Å². The van der Waals surface area contributed by atoms with Crippen molar-refractivity contribution in [1.29, 1.82) is 0 Å². The molecule has 0 spiro atoms. The number of esters is 1. The molecule has 2 aromatic heterocycles. The van der Waals surface area contributed by atoms with Crippen molar-refractivity contribution in [2.45, 2.75) is 26.4 Å². The number of rotatable bonds is 6. The summed E-state index contributed by atoms with van der Waals surface area (Å²) >= 11 is 11.9. The fraction of sp³-hybridized carbons (Fsp3) is 0.357. The van der Waals surface area contributed by atoms with Crippen LogP contribution in [0.3, 0.4) is 0 Å². The molecule has 0 atom stereocenters. The molecule has 0 aromatic carbocycles. The van der Waals surface area contributed by atoms with Crippen LogP contribution in [-0.2, 0) is 20.9 Å². The highest BCUT2D eigenvalue weighted by Gasteiger charge is 2.10. The Morgan fingerprint density at radius 2 is 2.14 bits per heavy atom. The molecule has 0 saturated heterocycles. The van der Waals surface area contributed by atoms with Gasteiger partial charge in [0.1, 0.15) is 13.2 Å². The second-order valence-electron chi connectivity index (χ2n) is 4.66. The molecule has 0 unspecified atom stereocenters. The van der Waals surface area contributed by atoms with E-state index in [-0.39, 0.29) is 19.1 Å². The molecular formula is C14H15Cl2N3O3. The maximum absolute atomic E-state index is 11.5. The molecule has 2 rings (SSSR count). The highest BCUT2D eigenvalue weighted by molar-refractivity contribution is 6.36. The molecule has 0 radical (unpaired) electrons. The van der Waals surface area contributed by atoms with Crippen molar-refractivity contribution in [3.05, 3.63) is 34.2 Å². The number of imidazole rings is 1. The van der Waals surface area contributed by atoms with E-state index in [2.05, 4.69) is 10.3 Å². The van der Waals surface area contributed by atoms with Crippen molar-refractivity contribution in [3.8, 4) is 0 Å². The lowest BCUT2D eigenvalue weighted by Gasteiger charge is -2.04. The highest BCUT2D eigenvalue weighted by atomic mass is 35.5. The van der Waals surface area contributed by atoms with Gasteiger partial charge in [-0.25, -0.2) is 4.98 Å². The van der Waals surface area contributed by atoms with Gasteiger partial charge >= 0.3 is 5.97 Å². The number of fused-ring (bicyclic) bond motifs is 1. The molecular weight excluding hydrogens is 329 g/mol. The molecule has 118 valence electrons. The van der Waals surface area contributed by atoms with Crippen molar-refractivity contribution >= 4 is 40.7 Å². The van der Waals surface area contributed by atoms with Crippen LogP contribution in [0.25, 0.3) is 5.65 Å². The van der Waals surface area contributed by atoms with Gasteiger partial charge in [0.2, 0.25) is 5.91 Å². The van der Waals surface area contributed by atoms with E-state index in [4.69, 9.17) is 27.9 Å². The van der Waals surface area contributed by atoms with Gasteiger partial charge < -0.3 is 14.5 Å². The molecule has 2 aromatic rings. The number of amides is 1. The first-order valence-electron chi connectivity index (χ1n) is 6.74. The predicted octanol–water partition coefficient (Wildman–Crippen LogP) is 2.60. The van der Waals surface area contributed by atoms with E-state index in [9.17, 15) is 9.59 Å². The monoisotopic (exact) mass is 343 g/mol. The Bertz CT molecular complexity index is 700. The molecule has 0 aliphatic carbocycles. The number of hydrogen-bond donors (Lipinski definition) is 1. The maximum Gasteiger partial charge on any atom is 0.325 e. The lowest BCUT2D eigenvalue weighted by molar-refractivity contribution is -0.145. The van der Waals surface area contributed by atoms with Crippen molar-refractivity contribution < 1.29 is 14.3 Å². The van der Waals surface area contributed by atoms with E-state index in [1.807, 2.05) is 6.92 Å². The fourth-order valence-corrected chi connectivity index (χ4v) is 2.36. The van der Waals surface area contributed by atoms with Crippen LogP contribution in [-0.4, -0.2) is 27.8 Å². The van der Waals surface area contributed by atoms with Gasteiger partial charge in [-0.05, 0) is 12.5 Å². The minimum absolute atomic E-state index is 0.00188. The Morgan fingerprint density at radius 1 is 1.36 bits per heavy atom. The number of carbonyl (C=O) groups is 2. The van der Waals surface area contributed by atoms with Gasteiger partial charge in [0, 0.05) is 18.8 Å². The quantitative estimate of drug-likeness (QED) is 0.818. The van der Waals surface area contributed by atoms with Crippen LogP contribution < -0.4 is 5.32 Å². The first kappa shape index (κ1) is 16.6. The summed E-state index contributed by atoms with van der Waals surface area (Å²) in [6.07, 6.45) is 4.45. The number of nitrogens with one attached hydrogen (secondary N) is 1. The summed E-state index contributed by atoms with van der Waals surface area (Å²) in [7, 11) is 0. The molecule has 0 aliphatic rings. The molecule has 0 fully saturated rings. The van der Waals surface area contributed by atoms with Crippen LogP contribution in [0.2, 0.25) is 10.0 Å². The zero-order chi connectivity index (χ0) is 16.1. The molecule has 1 N–H and O–H groups in total. The molecule has 22 heavy (non-hydrogen) atoms. The van der Waals surface area contributed by atoms with Gasteiger partial charge in [-0.1, -0.05) is 30.1 Å². The standard InChI is InChI=1S/C14H15Cl2N3O3/c1-2-3-12(20)17-5-13(21)22-8-10-7-19-6-9(15)4-11(16)14(19)18-10/h4,6-7H,2-3,5,8H2,1H3,(H,17,20). The molecule has 2 heterocycles. The number of pyridine rings is 1. The van der Waals surface area contributed by atoms with Gasteiger partial charge in [-0.3, -0.25) is 9.59 Å². The molecule has 1 amide bonds. The molecule has 0 saturated carbocycles. The highest BCUT2D eigenvalue weighted by Crippen LogP contribution is 2.21. The van der Waals surface area contributed by atoms with E-state index in [1.165, 1.54) is 0 Å². The summed E-state index contributed by atoms with van der Waals surface area (Å²) in [6, 6.07) is 1.59. The molecule has 8 heteroatoms. The minimum Gasteiger partial charge on any atom is -0.458 e. The normalized spacial score (nSPS) is 10.7. The summed E-state index contributed by atoms with van der Waals surface area (Å²) in [6.45, 7) is 1.73. The Morgan fingerprint density at radius 3 is 2.86 bits per heavy atom. The van der Waals surface area contributed by atoms with Crippen molar-refractivity contribution in [1.82, 2.24) is 14.7 Å².